The number of amides is 4. The average molecular weight is 1200 g/mol. The van der Waals surface area contributed by atoms with Crippen LogP contribution in [0, 0.1) is 55.4 Å². The van der Waals surface area contributed by atoms with Crippen molar-refractivity contribution < 1.29 is 71.4 Å². The first kappa shape index (κ1) is 70.8. The predicted octanol–water partition coefficient (Wildman–Crippen LogP) is 2.53. The maximum Gasteiger partial charge on any atom is 0.338 e. The van der Waals surface area contributed by atoms with E-state index >= 15 is 0 Å². The Morgan fingerprint density at radius 3 is 1.51 bits per heavy atom. The van der Waals surface area contributed by atoms with E-state index in [1.165, 1.54) is 58.1 Å². The van der Waals surface area contributed by atoms with Gasteiger partial charge >= 0.3 is 22.2 Å². The lowest BCUT2D eigenvalue weighted by atomic mass is 10.1. The van der Waals surface area contributed by atoms with Crippen LogP contribution in [0.25, 0.3) is 0 Å². The number of likely N-dealkylation sites (N-methyl/N-ethyl adjacent to an activating group) is 2. The van der Waals surface area contributed by atoms with Gasteiger partial charge in [-0.15, -0.1) is 15.6 Å². The topological polar surface area (TPSA) is 434 Å². The molecular weight excluding hydrogens is 1130 g/mol. The van der Waals surface area contributed by atoms with Gasteiger partial charge in [-0.05, 0) is 121 Å². The van der Waals surface area contributed by atoms with E-state index in [4.69, 9.17) is 25.5 Å². The Kier molecular flexibility index (Phi) is 25.2. The summed E-state index contributed by atoms with van der Waals surface area (Å²) >= 11 is 0. The van der Waals surface area contributed by atoms with E-state index < -0.39 is 60.1 Å². The van der Waals surface area contributed by atoms with E-state index in [0.717, 1.165) is 57.1 Å². The molecule has 9 N–H and O–H groups in total. The molecule has 5 aromatic heterocycles. The van der Waals surface area contributed by atoms with Crippen molar-refractivity contribution in [3.63, 3.8) is 0 Å². The van der Waals surface area contributed by atoms with Crippen LogP contribution in [0.15, 0.2) is 53.4 Å². The van der Waals surface area contributed by atoms with E-state index in [1.54, 1.807) is 68.5 Å². The molecule has 32 nitrogen and oxygen atoms in total. The highest BCUT2D eigenvalue weighted by Gasteiger charge is 2.49. The van der Waals surface area contributed by atoms with E-state index in [2.05, 4.69) is 51.5 Å². The Labute approximate surface area is 472 Å². The van der Waals surface area contributed by atoms with Crippen molar-refractivity contribution in [3.05, 3.63) is 93.8 Å². The zero-order valence-electron chi connectivity index (χ0n) is 48.7. The third-order valence-corrected chi connectivity index (χ3v) is 16.6. The number of carbonyl (C=O) groups excluding carboxylic acids is 5. The molecule has 4 aliphatic rings. The molecule has 0 aromatic carbocycles. The fraction of sp³-hybridized carbons (Fsp3) is 0.500. The van der Waals surface area contributed by atoms with Gasteiger partial charge in [0.15, 0.2) is 21.4 Å². The van der Waals surface area contributed by atoms with Gasteiger partial charge in [0, 0.05) is 26.8 Å². The molecule has 0 spiro atoms. The number of ether oxygens (including phenoxy) is 1. The van der Waals surface area contributed by atoms with Crippen LogP contribution in [0.4, 0.5) is 4.79 Å². The number of urea groups is 1. The molecule has 4 amide bonds. The Balaban J connectivity index is 0.000000457. The minimum atomic E-state index is -3.55. The predicted molar refractivity (Wildman–Crippen MR) is 295 cm³/mol. The normalized spacial score (nSPS) is 18.3. The summed E-state index contributed by atoms with van der Waals surface area (Å²) in [5.41, 5.74) is 4.66. The molecule has 0 bridgehead atoms. The standard InChI is InChI=1S/C7H10O3.C6H7NO3.2C5H10N2O3S.2C5H8N2O.C5H8N2.C4H7N3O.C4H7N3S/c1-4-5(8)7(2,3)10-6(4)9;1-7-2-5(9)4(3-8)6(7)10;1-5(2)7(3)4(8)6-11(5,9)10;1-5(2)4(8)6-11(9,10)7(5)3;1-4-5(2)7(8)3-6-4;1-4-3-6-5(2)7(4)8;1-4-3-6-7-5(4)2;1-3-4(2)7(8)6-5-3;1-8(2)4-5-3-6-7-4/h8H,1-3H3;3,8H,2H2,1H3;2*1-3H3,(H,6,8);2*3,8H,1-2H3;3H,1-2H3,(H,6,7);8H,1-2H3;3H,1H2,2H3,(H,5,6,7)/b;4-3-;;;;;;;. The third-order valence-electron chi connectivity index (χ3n) is 12.1. The highest BCUT2D eigenvalue weighted by Crippen LogP contribution is 2.29. The number of aromatic nitrogens is 12. The monoisotopic (exact) mass is 1200 g/mol. The Bertz CT molecular complexity index is 3140. The summed E-state index contributed by atoms with van der Waals surface area (Å²) in [7, 11) is -2.75. The summed E-state index contributed by atoms with van der Waals surface area (Å²) in [6.45, 7) is 25.7. The molecule has 4 aliphatic heterocycles. The van der Waals surface area contributed by atoms with E-state index in [1.807, 2.05) is 49.6 Å². The largest absolute Gasteiger partial charge is 0.515 e. The van der Waals surface area contributed by atoms with Crippen LogP contribution in [0.5, 0.6) is 0 Å². The van der Waals surface area contributed by atoms with Gasteiger partial charge in [0.2, 0.25) is 0 Å². The smallest absolute Gasteiger partial charge is 0.338 e. The Morgan fingerprint density at radius 1 is 0.790 bits per heavy atom. The molecule has 35 heteroatoms. The van der Waals surface area contributed by atoms with Gasteiger partial charge in [-0.1, -0.05) is 10.7 Å². The van der Waals surface area contributed by atoms with Gasteiger partial charge in [0.05, 0.1) is 59.2 Å². The molecule has 3 fully saturated rings. The summed E-state index contributed by atoms with van der Waals surface area (Å²) in [5.74, 6) is 2.79. The number of sulfonamides is 1. The summed E-state index contributed by atoms with van der Waals surface area (Å²) in [6, 6.07) is -0.574. The van der Waals surface area contributed by atoms with Gasteiger partial charge in [-0.3, -0.25) is 24.6 Å². The van der Waals surface area contributed by atoms with Gasteiger partial charge in [-0.25, -0.2) is 42.4 Å². The van der Waals surface area contributed by atoms with Crippen molar-refractivity contribution in [2.75, 3.05) is 33.9 Å². The minimum Gasteiger partial charge on any atom is -0.515 e. The number of likely N-dealkylation sites (tertiary alicyclic amines) is 1. The molecule has 0 aliphatic carbocycles. The van der Waals surface area contributed by atoms with Crippen molar-refractivity contribution >= 4 is 66.2 Å². The number of nitrogens with zero attached hydrogens (tertiary/aromatic N) is 13. The number of rotatable bonds is 1. The second-order valence-corrected chi connectivity index (χ2v) is 24.7. The van der Waals surface area contributed by atoms with Crippen molar-refractivity contribution in [1.29, 1.82) is 0 Å². The summed E-state index contributed by atoms with van der Waals surface area (Å²) < 4.78 is 55.9. The van der Waals surface area contributed by atoms with Gasteiger partial charge in [0.25, 0.3) is 21.8 Å². The maximum absolute atomic E-state index is 11.1. The van der Waals surface area contributed by atoms with Crippen LogP contribution in [0.1, 0.15) is 94.0 Å². The molecular formula is C46H75N17O15S3. The quantitative estimate of drug-likeness (QED) is 0.0291. The first-order valence-corrected chi connectivity index (χ1v) is 28.3. The first-order valence-electron chi connectivity index (χ1n) is 23.6. The lowest BCUT2D eigenvalue weighted by Crippen LogP contribution is -2.41. The number of aromatic amines is 2. The van der Waals surface area contributed by atoms with Crippen molar-refractivity contribution in [3.8, 4) is 0 Å². The van der Waals surface area contributed by atoms with Crippen molar-refractivity contribution in [2.45, 2.75) is 125 Å². The molecule has 81 heavy (non-hydrogen) atoms. The van der Waals surface area contributed by atoms with Gasteiger partial charge in [0.1, 0.15) is 35.4 Å². The number of aliphatic hydroxyl groups excluding tert-OH is 2. The zero-order valence-corrected chi connectivity index (χ0v) is 51.1. The number of Topliss-reactive ketones (excluding diaryl/α,β-unsaturated/α-hetero) is 1. The average Bonchev–Trinajstić information content (AvgIpc) is 4.30. The first-order chi connectivity index (χ1) is 36.9. The van der Waals surface area contributed by atoms with E-state index in [-0.39, 0.29) is 34.1 Å². The third kappa shape index (κ3) is 19.0. The number of hydrogen-bond donors (Lipinski definition) is 9. The van der Waals surface area contributed by atoms with Crippen LogP contribution < -0.4 is 9.44 Å². The molecule has 5 aromatic rings. The summed E-state index contributed by atoms with van der Waals surface area (Å²) in [5, 5.41) is 64.8. The van der Waals surface area contributed by atoms with Crippen LogP contribution in [0.2, 0.25) is 0 Å². The Morgan fingerprint density at radius 2 is 1.37 bits per heavy atom. The molecule has 9 rings (SSSR count). The summed E-state index contributed by atoms with van der Waals surface area (Å²) in [4.78, 5) is 67.7. The molecule has 0 saturated carbocycles. The Hall–Kier alpha value is -8.18. The second kappa shape index (κ2) is 28.8. The molecule has 452 valence electrons. The number of ketones is 1. The molecule has 1 atom stereocenters. The zero-order chi connectivity index (χ0) is 63.1. The number of H-pyrrole nitrogens is 2. The summed E-state index contributed by atoms with van der Waals surface area (Å²) in [6.07, 6.45) is 8.86. The van der Waals surface area contributed by atoms with Gasteiger partial charge < -0.3 is 40.4 Å². The lowest BCUT2D eigenvalue weighted by molar-refractivity contribution is -0.145. The number of cyclic esters (lactones) is 1. The molecule has 1 unspecified atom stereocenters. The number of hydrogen-bond acceptors (Lipinski definition) is 22. The molecule has 3 saturated heterocycles. The van der Waals surface area contributed by atoms with E-state index in [0.29, 0.717) is 23.4 Å². The van der Waals surface area contributed by atoms with Crippen LogP contribution >= 0.6 is 10.5 Å². The highest BCUT2D eigenvalue weighted by molar-refractivity contribution is 8.13. The number of carbonyl (C=O) groups is 5. The lowest BCUT2D eigenvalue weighted by Gasteiger charge is -2.22. The number of aliphatic hydroxyl groups is 2. The van der Waals surface area contributed by atoms with Crippen molar-refractivity contribution in [2.24, 2.45) is 0 Å². The van der Waals surface area contributed by atoms with E-state index in [9.17, 15) is 45.9 Å². The maximum atomic E-state index is 11.1. The minimum absolute atomic E-state index is 0.0270. The van der Waals surface area contributed by atoms with Gasteiger partial charge in [-0.2, -0.15) is 32.4 Å². The highest BCUT2D eigenvalue weighted by atomic mass is 32.2. The van der Waals surface area contributed by atoms with Crippen LogP contribution in [-0.4, -0.2) is 202 Å². The van der Waals surface area contributed by atoms with Crippen LogP contribution in [-0.2, 0) is 44.1 Å². The number of esters is 1. The fourth-order valence-electron chi connectivity index (χ4n) is 5.42. The fourth-order valence-corrected chi connectivity index (χ4v) is 8.22. The van der Waals surface area contributed by atoms with Crippen LogP contribution in [0.3, 0.4) is 0 Å². The SMILES string of the molecule is C=S(C)c1ncn[nH]1.CC1=C(O)C(C)(C)OC1=O.CN1C(=O)NS(=O)(=O)C1(C)C.CN1C(C)(C)C(=O)NS1(=O)=O.CN1CC(=O)/C(=C/O)C1=O.Cc1cn[nH]c1C.Cc1cnc(C)n1O.Cc1ncn(O)c1C.Cc1nnn(O)c1C. The second-order valence-electron chi connectivity index (χ2n) is 19.2. The van der Waals surface area contributed by atoms with Crippen molar-refractivity contribution in [1.82, 2.24) is 83.5 Å². The number of nitrogens with one attached hydrogen (secondary N) is 4. The number of aryl methyl sites for hydroxylation is 6. The molecule has 9 heterocycles. The molecule has 0 radical (unpaired) electrons. The number of imidazole rings is 2.